The average Bonchev–Trinajstić information content (AvgIpc) is 2.77. The Morgan fingerprint density at radius 3 is 2.90 bits per heavy atom. The molecule has 2 unspecified atom stereocenters. The lowest BCUT2D eigenvalue weighted by molar-refractivity contribution is -0.136. The van der Waals surface area contributed by atoms with Crippen LogP contribution >= 0.6 is 11.6 Å². The summed E-state index contributed by atoms with van der Waals surface area (Å²) >= 11 is 5.96. The first kappa shape index (κ1) is 15.8. The van der Waals surface area contributed by atoms with Crippen molar-refractivity contribution >= 4 is 23.4 Å². The SMILES string of the molecule is CCCC1CC(=O)N(C(Cc2cccc(Cl)c2)C(N)=O)C1. The fraction of sp³-hybridized carbons (Fsp3) is 0.500. The number of hydrogen-bond acceptors (Lipinski definition) is 2. The van der Waals surface area contributed by atoms with Gasteiger partial charge in [0.2, 0.25) is 11.8 Å². The lowest BCUT2D eigenvalue weighted by Gasteiger charge is -2.26. The zero-order valence-corrected chi connectivity index (χ0v) is 13.0. The molecule has 114 valence electrons. The van der Waals surface area contributed by atoms with E-state index in [4.69, 9.17) is 17.3 Å². The van der Waals surface area contributed by atoms with E-state index in [2.05, 4.69) is 6.92 Å². The van der Waals surface area contributed by atoms with Crippen molar-refractivity contribution in [2.75, 3.05) is 6.54 Å². The Morgan fingerprint density at radius 2 is 2.29 bits per heavy atom. The molecule has 21 heavy (non-hydrogen) atoms. The van der Waals surface area contributed by atoms with Gasteiger partial charge in [0.1, 0.15) is 6.04 Å². The summed E-state index contributed by atoms with van der Waals surface area (Å²) < 4.78 is 0. The van der Waals surface area contributed by atoms with Crippen LogP contribution in [0.15, 0.2) is 24.3 Å². The summed E-state index contributed by atoms with van der Waals surface area (Å²) in [6.45, 7) is 2.73. The summed E-state index contributed by atoms with van der Waals surface area (Å²) in [5.74, 6) is -0.0940. The Labute approximate surface area is 130 Å². The number of halogens is 1. The monoisotopic (exact) mass is 308 g/mol. The van der Waals surface area contributed by atoms with Gasteiger partial charge in [-0.25, -0.2) is 0 Å². The number of amides is 2. The van der Waals surface area contributed by atoms with E-state index in [1.807, 2.05) is 18.2 Å². The number of rotatable bonds is 6. The van der Waals surface area contributed by atoms with Gasteiger partial charge in [0.05, 0.1) is 0 Å². The van der Waals surface area contributed by atoms with Gasteiger partial charge in [0.15, 0.2) is 0 Å². The molecule has 2 N–H and O–H groups in total. The number of nitrogens with zero attached hydrogens (tertiary/aromatic N) is 1. The number of benzene rings is 1. The number of carbonyl (C=O) groups excluding carboxylic acids is 2. The minimum Gasteiger partial charge on any atom is -0.368 e. The second-order valence-corrected chi connectivity index (χ2v) is 6.09. The molecule has 0 radical (unpaired) electrons. The molecule has 4 nitrogen and oxygen atoms in total. The summed E-state index contributed by atoms with van der Waals surface area (Å²) in [4.78, 5) is 25.6. The number of primary amides is 1. The van der Waals surface area contributed by atoms with Gasteiger partial charge in [-0.15, -0.1) is 0 Å². The van der Waals surface area contributed by atoms with Crippen LogP contribution in [0.1, 0.15) is 31.7 Å². The van der Waals surface area contributed by atoms with E-state index in [-0.39, 0.29) is 5.91 Å². The van der Waals surface area contributed by atoms with Crippen LogP contribution in [0.3, 0.4) is 0 Å². The lowest BCUT2D eigenvalue weighted by Crippen LogP contribution is -2.47. The molecule has 1 saturated heterocycles. The fourth-order valence-electron chi connectivity index (χ4n) is 2.96. The van der Waals surface area contributed by atoms with Crippen LogP contribution in [0.25, 0.3) is 0 Å². The quantitative estimate of drug-likeness (QED) is 0.877. The highest BCUT2D eigenvalue weighted by molar-refractivity contribution is 6.30. The molecule has 1 aromatic carbocycles. The largest absolute Gasteiger partial charge is 0.368 e. The molecule has 1 aromatic rings. The molecule has 1 aliphatic heterocycles. The molecule has 0 saturated carbocycles. The molecule has 1 heterocycles. The number of likely N-dealkylation sites (tertiary alicyclic amines) is 1. The molecule has 0 aromatic heterocycles. The van der Waals surface area contributed by atoms with Crippen molar-refractivity contribution in [1.29, 1.82) is 0 Å². The zero-order chi connectivity index (χ0) is 15.4. The number of carbonyl (C=O) groups is 2. The van der Waals surface area contributed by atoms with E-state index in [1.54, 1.807) is 11.0 Å². The van der Waals surface area contributed by atoms with Crippen LogP contribution in [0.2, 0.25) is 5.02 Å². The highest BCUT2D eigenvalue weighted by atomic mass is 35.5. The Morgan fingerprint density at radius 1 is 1.52 bits per heavy atom. The first-order chi connectivity index (χ1) is 10.0. The predicted molar refractivity (Wildman–Crippen MR) is 82.9 cm³/mol. The summed E-state index contributed by atoms with van der Waals surface area (Å²) in [6, 6.07) is 6.73. The van der Waals surface area contributed by atoms with Gasteiger partial charge in [-0.3, -0.25) is 9.59 Å². The first-order valence-corrected chi connectivity index (χ1v) is 7.72. The Kier molecular flexibility index (Phi) is 5.23. The molecule has 5 heteroatoms. The van der Waals surface area contributed by atoms with Crippen molar-refractivity contribution in [2.45, 2.75) is 38.6 Å². The zero-order valence-electron chi connectivity index (χ0n) is 12.2. The number of nitrogens with two attached hydrogens (primary N) is 1. The molecule has 2 amide bonds. The van der Waals surface area contributed by atoms with Crippen molar-refractivity contribution in [3.8, 4) is 0 Å². The van der Waals surface area contributed by atoms with Crippen molar-refractivity contribution in [3.05, 3.63) is 34.9 Å². The van der Waals surface area contributed by atoms with Gasteiger partial charge in [-0.1, -0.05) is 37.1 Å². The minimum atomic E-state index is -0.585. The van der Waals surface area contributed by atoms with E-state index in [1.165, 1.54) is 0 Å². The second kappa shape index (κ2) is 6.94. The molecule has 0 spiro atoms. The summed E-state index contributed by atoms with van der Waals surface area (Å²) in [7, 11) is 0. The molecule has 1 aliphatic rings. The summed E-state index contributed by atoms with van der Waals surface area (Å²) in [5.41, 5.74) is 6.43. The Balaban J connectivity index is 2.12. The van der Waals surface area contributed by atoms with Gasteiger partial charge in [-0.2, -0.15) is 0 Å². The fourth-order valence-corrected chi connectivity index (χ4v) is 3.18. The molecule has 2 atom stereocenters. The first-order valence-electron chi connectivity index (χ1n) is 7.34. The third kappa shape index (κ3) is 3.97. The van der Waals surface area contributed by atoms with Crippen LogP contribution in [-0.4, -0.2) is 29.3 Å². The molecule has 0 aliphatic carbocycles. The molecular weight excluding hydrogens is 288 g/mol. The highest BCUT2D eigenvalue weighted by Crippen LogP contribution is 2.25. The average molecular weight is 309 g/mol. The van der Waals surface area contributed by atoms with Crippen LogP contribution in [0.5, 0.6) is 0 Å². The summed E-state index contributed by atoms with van der Waals surface area (Å²) in [6.07, 6.45) is 2.99. The van der Waals surface area contributed by atoms with E-state index in [9.17, 15) is 9.59 Å². The van der Waals surface area contributed by atoms with Gasteiger partial charge in [0.25, 0.3) is 0 Å². The highest BCUT2D eigenvalue weighted by Gasteiger charge is 2.36. The second-order valence-electron chi connectivity index (χ2n) is 5.66. The van der Waals surface area contributed by atoms with Crippen LogP contribution in [-0.2, 0) is 16.0 Å². The van der Waals surface area contributed by atoms with Crippen molar-refractivity contribution in [2.24, 2.45) is 11.7 Å². The van der Waals surface area contributed by atoms with Gasteiger partial charge in [0, 0.05) is 24.4 Å². The third-order valence-corrected chi connectivity index (χ3v) is 4.19. The Hall–Kier alpha value is -1.55. The standard InChI is InChI=1S/C16H21ClN2O2/c1-2-4-12-9-15(20)19(10-12)14(16(18)21)8-11-5-3-6-13(17)7-11/h3,5-7,12,14H,2,4,8-10H2,1H3,(H2,18,21). The number of hydrogen-bond donors (Lipinski definition) is 1. The third-order valence-electron chi connectivity index (χ3n) is 3.96. The maximum atomic E-state index is 12.2. The lowest BCUT2D eigenvalue weighted by atomic mass is 10.0. The van der Waals surface area contributed by atoms with E-state index < -0.39 is 11.9 Å². The molecule has 2 rings (SSSR count). The van der Waals surface area contributed by atoms with Crippen LogP contribution in [0.4, 0.5) is 0 Å². The minimum absolute atomic E-state index is 0.0271. The van der Waals surface area contributed by atoms with E-state index in [0.29, 0.717) is 30.3 Å². The summed E-state index contributed by atoms with van der Waals surface area (Å²) in [5, 5.41) is 0.618. The Bertz CT molecular complexity index is 533. The topological polar surface area (TPSA) is 63.4 Å². The predicted octanol–water partition coefficient (Wildman–Crippen LogP) is 2.39. The van der Waals surface area contributed by atoms with Crippen LogP contribution < -0.4 is 5.73 Å². The van der Waals surface area contributed by atoms with E-state index in [0.717, 1.165) is 18.4 Å². The van der Waals surface area contributed by atoms with Crippen molar-refractivity contribution in [3.63, 3.8) is 0 Å². The normalized spacial score (nSPS) is 19.8. The van der Waals surface area contributed by atoms with Gasteiger partial charge < -0.3 is 10.6 Å². The molecular formula is C16H21ClN2O2. The van der Waals surface area contributed by atoms with Gasteiger partial charge in [-0.05, 0) is 30.0 Å². The van der Waals surface area contributed by atoms with Crippen LogP contribution in [0, 0.1) is 5.92 Å². The maximum Gasteiger partial charge on any atom is 0.240 e. The maximum absolute atomic E-state index is 12.2. The molecule has 1 fully saturated rings. The van der Waals surface area contributed by atoms with Gasteiger partial charge >= 0.3 is 0 Å². The van der Waals surface area contributed by atoms with Crippen molar-refractivity contribution in [1.82, 2.24) is 4.90 Å². The van der Waals surface area contributed by atoms with E-state index >= 15 is 0 Å². The van der Waals surface area contributed by atoms with Crippen molar-refractivity contribution < 1.29 is 9.59 Å². The molecule has 0 bridgehead atoms. The smallest absolute Gasteiger partial charge is 0.240 e.